The Bertz CT molecular complexity index is 562. The molecule has 2 aromatic rings. The van der Waals surface area contributed by atoms with Crippen molar-refractivity contribution in [1.82, 2.24) is 25.7 Å². The van der Waals surface area contributed by atoms with Crippen molar-refractivity contribution in [1.29, 1.82) is 0 Å². The van der Waals surface area contributed by atoms with Gasteiger partial charge in [-0.05, 0) is 29.5 Å². The molecule has 0 aliphatic heterocycles. The Hall–Kier alpha value is -1.80. The second-order valence-electron chi connectivity index (χ2n) is 4.71. The molecule has 0 bridgehead atoms. The standard InChI is InChI=1S/C12H15N5O2S/c18-11(15-19-10-3-1-2-4-10)7-17-14-12(13-16-17)9-5-6-20-8-9/h5-6,8,10H,1-4,7H2,(H,15,18). The van der Waals surface area contributed by atoms with Gasteiger partial charge in [-0.3, -0.25) is 9.63 Å². The molecule has 1 aliphatic carbocycles. The van der Waals surface area contributed by atoms with Crippen LogP contribution < -0.4 is 5.48 Å². The van der Waals surface area contributed by atoms with Gasteiger partial charge in [-0.1, -0.05) is 12.8 Å². The number of nitrogens with one attached hydrogen (secondary N) is 1. The molecule has 0 radical (unpaired) electrons. The Morgan fingerprint density at radius 1 is 1.50 bits per heavy atom. The minimum absolute atomic E-state index is 0.00383. The zero-order chi connectivity index (χ0) is 13.8. The number of thiophene rings is 1. The Morgan fingerprint density at radius 2 is 2.35 bits per heavy atom. The maximum Gasteiger partial charge on any atom is 0.267 e. The first-order valence-corrected chi connectivity index (χ1v) is 7.50. The minimum Gasteiger partial charge on any atom is -0.271 e. The maximum absolute atomic E-state index is 11.7. The highest BCUT2D eigenvalue weighted by Gasteiger charge is 2.17. The van der Waals surface area contributed by atoms with Crippen LogP contribution in [0.4, 0.5) is 0 Å². The van der Waals surface area contributed by atoms with Crippen LogP contribution >= 0.6 is 11.3 Å². The van der Waals surface area contributed by atoms with Crippen LogP contribution in [0.3, 0.4) is 0 Å². The number of nitrogens with zero attached hydrogens (tertiary/aromatic N) is 4. The van der Waals surface area contributed by atoms with E-state index in [-0.39, 0.29) is 18.6 Å². The number of hydrogen-bond acceptors (Lipinski definition) is 6. The van der Waals surface area contributed by atoms with Crippen LogP contribution in [0.2, 0.25) is 0 Å². The largest absolute Gasteiger partial charge is 0.271 e. The summed E-state index contributed by atoms with van der Waals surface area (Å²) >= 11 is 1.56. The number of tetrazole rings is 1. The molecule has 0 unspecified atom stereocenters. The Kier molecular flexibility index (Phi) is 4.03. The Labute approximate surface area is 119 Å². The van der Waals surface area contributed by atoms with Crippen LogP contribution in [-0.4, -0.2) is 32.2 Å². The van der Waals surface area contributed by atoms with E-state index >= 15 is 0 Å². The van der Waals surface area contributed by atoms with Gasteiger partial charge in [-0.2, -0.15) is 16.1 Å². The van der Waals surface area contributed by atoms with Gasteiger partial charge in [0, 0.05) is 10.9 Å². The average Bonchev–Trinajstić information content (AvgIpc) is 3.18. The van der Waals surface area contributed by atoms with E-state index in [0.717, 1.165) is 31.2 Å². The number of carbonyl (C=O) groups excluding carboxylic acids is 1. The molecule has 0 atom stereocenters. The van der Waals surface area contributed by atoms with E-state index in [1.54, 1.807) is 11.3 Å². The van der Waals surface area contributed by atoms with Gasteiger partial charge in [0.1, 0.15) is 6.54 Å². The second kappa shape index (κ2) is 6.10. The lowest BCUT2D eigenvalue weighted by Gasteiger charge is -2.10. The highest BCUT2D eigenvalue weighted by atomic mass is 32.1. The van der Waals surface area contributed by atoms with Crippen molar-refractivity contribution in [3.63, 3.8) is 0 Å². The van der Waals surface area contributed by atoms with Crippen molar-refractivity contribution < 1.29 is 9.63 Å². The molecule has 1 saturated carbocycles. The normalized spacial score (nSPS) is 15.6. The summed E-state index contributed by atoms with van der Waals surface area (Å²) < 4.78 is 0. The SMILES string of the molecule is O=C(Cn1nnc(-c2ccsc2)n1)NOC1CCCC1. The summed E-state index contributed by atoms with van der Waals surface area (Å²) in [5.41, 5.74) is 3.36. The third kappa shape index (κ3) is 3.20. The van der Waals surface area contributed by atoms with Crippen molar-refractivity contribution in [3.05, 3.63) is 16.8 Å². The summed E-state index contributed by atoms with van der Waals surface area (Å²) in [5, 5.41) is 15.8. The summed E-state index contributed by atoms with van der Waals surface area (Å²) in [6, 6.07) is 1.91. The number of hydrogen-bond donors (Lipinski definition) is 1. The lowest BCUT2D eigenvalue weighted by atomic mass is 10.3. The molecule has 1 aliphatic rings. The van der Waals surface area contributed by atoms with Crippen LogP contribution in [-0.2, 0) is 16.2 Å². The molecule has 2 heterocycles. The summed E-state index contributed by atoms with van der Waals surface area (Å²) in [5.74, 6) is 0.252. The van der Waals surface area contributed by atoms with Gasteiger partial charge < -0.3 is 0 Å². The Balaban J connectivity index is 1.51. The summed E-state index contributed by atoms with van der Waals surface area (Å²) in [6.07, 6.45) is 4.47. The molecule has 0 aromatic carbocycles. The van der Waals surface area contributed by atoms with Gasteiger partial charge in [0.15, 0.2) is 0 Å². The van der Waals surface area contributed by atoms with Crippen LogP contribution in [0.5, 0.6) is 0 Å². The van der Waals surface area contributed by atoms with E-state index in [4.69, 9.17) is 4.84 Å². The third-order valence-corrected chi connectivity index (χ3v) is 3.84. The lowest BCUT2D eigenvalue weighted by molar-refractivity contribution is -0.139. The predicted octanol–water partition coefficient (Wildman–Crippen LogP) is 1.39. The van der Waals surface area contributed by atoms with Crippen LogP contribution in [0.1, 0.15) is 25.7 Å². The highest BCUT2D eigenvalue weighted by Crippen LogP contribution is 2.19. The third-order valence-electron chi connectivity index (χ3n) is 3.16. The van der Waals surface area contributed by atoms with Crippen LogP contribution in [0.15, 0.2) is 16.8 Å². The van der Waals surface area contributed by atoms with E-state index in [1.807, 2.05) is 16.8 Å². The molecule has 1 N–H and O–H groups in total. The van der Waals surface area contributed by atoms with Gasteiger partial charge in [0.25, 0.3) is 5.91 Å². The molecule has 7 nitrogen and oxygen atoms in total. The number of rotatable bonds is 5. The van der Waals surface area contributed by atoms with Gasteiger partial charge in [0.05, 0.1) is 6.10 Å². The van der Waals surface area contributed by atoms with Crippen molar-refractivity contribution >= 4 is 17.2 Å². The molecule has 0 spiro atoms. The molecular weight excluding hydrogens is 278 g/mol. The molecule has 0 saturated heterocycles. The van der Waals surface area contributed by atoms with Crippen molar-refractivity contribution in [3.8, 4) is 11.4 Å². The van der Waals surface area contributed by atoms with Crippen molar-refractivity contribution in [2.45, 2.75) is 38.3 Å². The number of aromatic nitrogens is 4. The zero-order valence-corrected chi connectivity index (χ0v) is 11.7. The first kappa shape index (κ1) is 13.2. The summed E-state index contributed by atoms with van der Waals surface area (Å²) in [7, 11) is 0. The fraction of sp³-hybridized carbons (Fsp3) is 0.500. The lowest BCUT2D eigenvalue weighted by Crippen LogP contribution is -2.31. The molecule has 20 heavy (non-hydrogen) atoms. The fourth-order valence-corrected chi connectivity index (χ4v) is 2.77. The zero-order valence-electron chi connectivity index (χ0n) is 10.9. The average molecular weight is 293 g/mol. The quantitative estimate of drug-likeness (QED) is 0.842. The molecule has 1 fully saturated rings. The first-order valence-electron chi connectivity index (χ1n) is 6.56. The minimum atomic E-state index is -0.272. The maximum atomic E-state index is 11.7. The van der Waals surface area contributed by atoms with E-state index in [0.29, 0.717) is 5.82 Å². The number of carbonyl (C=O) groups is 1. The molecule has 3 rings (SSSR count). The molecular formula is C12H15N5O2S. The summed E-state index contributed by atoms with van der Waals surface area (Å²) in [6.45, 7) is 0.00383. The second-order valence-corrected chi connectivity index (χ2v) is 5.49. The van der Waals surface area contributed by atoms with Gasteiger partial charge >= 0.3 is 0 Å². The first-order chi connectivity index (χ1) is 9.81. The van der Waals surface area contributed by atoms with Gasteiger partial charge in [-0.25, -0.2) is 5.48 Å². The summed E-state index contributed by atoms with van der Waals surface area (Å²) in [4.78, 5) is 18.3. The van der Waals surface area contributed by atoms with E-state index in [1.165, 1.54) is 4.80 Å². The van der Waals surface area contributed by atoms with Crippen molar-refractivity contribution in [2.75, 3.05) is 0 Å². The molecule has 106 valence electrons. The van der Waals surface area contributed by atoms with Gasteiger partial charge in [0.2, 0.25) is 5.82 Å². The topological polar surface area (TPSA) is 81.9 Å². The molecule has 2 aromatic heterocycles. The van der Waals surface area contributed by atoms with Crippen molar-refractivity contribution in [2.24, 2.45) is 0 Å². The van der Waals surface area contributed by atoms with E-state index in [2.05, 4.69) is 20.9 Å². The predicted molar refractivity (Wildman–Crippen MR) is 72.6 cm³/mol. The van der Waals surface area contributed by atoms with Crippen LogP contribution in [0.25, 0.3) is 11.4 Å². The molecule has 8 heteroatoms. The smallest absolute Gasteiger partial charge is 0.267 e. The monoisotopic (exact) mass is 293 g/mol. The Morgan fingerprint density at radius 3 is 3.10 bits per heavy atom. The fourth-order valence-electron chi connectivity index (χ4n) is 2.13. The highest BCUT2D eigenvalue weighted by molar-refractivity contribution is 7.08. The number of hydroxylamine groups is 1. The van der Waals surface area contributed by atoms with Crippen LogP contribution in [0, 0.1) is 0 Å². The number of amides is 1. The van der Waals surface area contributed by atoms with E-state index in [9.17, 15) is 4.79 Å². The molecule has 1 amide bonds. The van der Waals surface area contributed by atoms with Gasteiger partial charge in [-0.15, -0.1) is 10.2 Å². The van der Waals surface area contributed by atoms with E-state index < -0.39 is 0 Å².